The maximum Gasteiger partial charge on any atom is 0.270 e. The van der Waals surface area contributed by atoms with Gasteiger partial charge in [0, 0.05) is 20.1 Å². The van der Waals surface area contributed by atoms with Crippen LogP contribution >= 0.6 is 0 Å². The smallest absolute Gasteiger partial charge is 0.270 e. The lowest BCUT2D eigenvalue weighted by molar-refractivity contribution is -0.148. The molecule has 0 radical (unpaired) electrons. The van der Waals surface area contributed by atoms with E-state index in [1.165, 1.54) is 7.11 Å². The maximum absolute atomic E-state index is 13.2. The Morgan fingerprint density at radius 2 is 1.50 bits per heavy atom. The number of aryl methyl sites for hydroxylation is 1. The van der Waals surface area contributed by atoms with Gasteiger partial charge in [0.2, 0.25) is 23.9 Å². The molecule has 224 valence electrons. The standard InChI is InChI=1S/C32H40N4O6/c1-32(2,3)42-36-28(38)20-26(34-27(37)19-10-14-22-12-6-5-7-13-22)29(39)35-31(41-4)30(40)33-21-24-17-11-16-23-15-8-9-18-25(23)24/h5-9,11-13,15-18,26,31H,10,14,19-21H2,1-4H3,(H,33,40)(H,34,37)(H,35,39)(H,36,38). The van der Waals surface area contributed by atoms with Crippen molar-refractivity contribution in [2.24, 2.45) is 0 Å². The average Bonchev–Trinajstić information content (AvgIpc) is 2.97. The molecule has 0 aliphatic carbocycles. The summed E-state index contributed by atoms with van der Waals surface area (Å²) in [7, 11) is 1.28. The second kappa shape index (κ2) is 15.6. The van der Waals surface area contributed by atoms with Crippen molar-refractivity contribution < 1.29 is 28.8 Å². The summed E-state index contributed by atoms with van der Waals surface area (Å²) in [6.45, 7) is 5.48. The summed E-state index contributed by atoms with van der Waals surface area (Å²) in [6, 6.07) is 22.1. The Labute approximate surface area is 246 Å². The Bertz CT molecular complexity index is 1350. The minimum atomic E-state index is -1.35. The number of fused-ring (bicyclic) bond motifs is 1. The van der Waals surface area contributed by atoms with Crippen LogP contribution in [0.5, 0.6) is 0 Å². The normalized spacial score (nSPS) is 12.7. The van der Waals surface area contributed by atoms with Gasteiger partial charge in [0.1, 0.15) is 6.04 Å². The third-order valence-electron chi connectivity index (χ3n) is 6.30. The number of hydroxylamine groups is 1. The van der Waals surface area contributed by atoms with Crippen LogP contribution in [0, 0.1) is 0 Å². The molecule has 0 bridgehead atoms. The molecule has 3 rings (SSSR count). The van der Waals surface area contributed by atoms with Crippen molar-refractivity contribution in [2.75, 3.05) is 7.11 Å². The number of carbonyl (C=O) groups is 4. The van der Waals surface area contributed by atoms with Gasteiger partial charge in [-0.05, 0) is 55.5 Å². The van der Waals surface area contributed by atoms with E-state index in [4.69, 9.17) is 9.57 Å². The molecule has 0 fully saturated rings. The van der Waals surface area contributed by atoms with Crippen LogP contribution in [0.4, 0.5) is 0 Å². The number of hydrogen-bond donors (Lipinski definition) is 4. The first-order valence-electron chi connectivity index (χ1n) is 13.9. The molecule has 0 aromatic heterocycles. The lowest BCUT2D eigenvalue weighted by Gasteiger charge is -2.23. The van der Waals surface area contributed by atoms with Crippen molar-refractivity contribution in [1.29, 1.82) is 0 Å². The number of ether oxygens (including phenoxy) is 1. The topological polar surface area (TPSA) is 135 Å². The molecule has 0 heterocycles. The fraction of sp³-hybridized carbons (Fsp3) is 0.375. The number of nitrogens with one attached hydrogen (secondary N) is 4. The number of rotatable bonds is 14. The Balaban J connectivity index is 1.61. The van der Waals surface area contributed by atoms with E-state index in [0.717, 1.165) is 21.9 Å². The highest BCUT2D eigenvalue weighted by Gasteiger charge is 2.29. The Morgan fingerprint density at radius 1 is 0.810 bits per heavy atom. The minimum absolute atomic E-state index is 0.151. The zero-order valence-electron chi connectivity index (χ0n) is 24.6. The molecule has 2 unspecified atom stereocenters. The van der Waals surface area contributed by atoms with E-state index in [1.807, 2.05) is 72.8 Å². The van der Waals surface area contributed by atoms with Gasteiger partial charge in [-0.25, -0.2) is 5.48 Å². The van der Waals surface area contributed by atoms with Crippen molar-refractivity contribution in [3.05, 3.63) is 83.9 Å². The number of hydrogen-bond acceptors (Lipinski definition) is 6. The van der Waals surface area contributed by atoms with Gasteiger partial charge in [0.15, 0.2) is 0 Å². The summed E-state index contributed by atoms with van der Waals surface area (Å²) in [6.07, 6.45) is -0.355. The van der Waals surface area contributed by atoms with Gasteiger partial charge in [-0.1, -0.05) is 72.8 Å². The van der Waals surface area contributed by atoms with Gasteiger partial charge in [-0.2, -0.15) is 0 Å². The Morgan fingerprint density at radius 3 is 2.21 bits per heavy atom. The molecule has 2 atom stereocenters. The minimum Gasteiger partial charge on any atom is -0.353 e. The van der Waals surface area contributed by atoms with Crippen molar-refractivity contribution in [1.82, 2.24) is 21.4 Å². The molecule has 0 saturated carbocycles. The third kappa shape index (κ3) is 10.6. The summed E-state index contributed by atoms with van der Waals surface area (Å²) in [4.78, 5) is 56.8. The summed E-state index contributed by atoms with van der Waals surface area (Å²) in [5.41, 5.74) is 3.65. The lowest BCUT2D eigenvalue weighted by atomic mass is 10.0. The van der Waals surface area contributed by atoms with Crippen molar-refractivity contribution >= 4 is 34.4 Å². The molecule has 4 amide bonds. The molecule has 0 aliphatic rings. The number of carbonyl (C=O) groups excluding carboxylic acids is 4. The maximum atomic E-state index is 13.2. The van der Waals surface area contributed by atoms with E-state index in [9.17, 15) is 19.2 Å². The fourth-order valence-electron chi connectivity index (χ4n) is 4.19. The molecule has 0 aliphatic heterocycles. The number of methoxy groups -OCH3 is 1. The molecular weight excluding hydrogens is 536 g/mol. The van der Waals surface area contributed by atoms with Crippen LogP contribution < -0.4 is 21.4 Å². The van der Waals surface area contributed by atoms with Crippen LogP contribution in [-0.2, 0) is 41.7 Å². The van der Waals surface area contributed by atoms with Gasteiger partial charge in [-0.15, -0.1) is 0 Å². The van der Waals surface area contributed by atoms with E-state index in [2.05, 4.69) is 21.4 Å². The monoisotopic (exact) mass is 576 g/mol. The van der Waals surface area contributed by atoms with Crippen LogP contribution in [0.3, 0.4) is 0 Å². The molecule has 42 heavy (non-hydrogen) atoms. The van der Waals surface area contributed by atoms with E-state index >= 15 is 0 Å². The highest BCUT2D eigenvalue weighted by atomic mass is 16.7. The first-order valence-corrected chi connectivity index (χ1v) is 13.9. The first-order chi connectivity index (χ1) is 20.1. The number of benzene rings is 3. The molecule has 3 aromatic rings. The average molecular weight is 577 g/mol. The van der Waals surface area contributed by atoms with Gasteiger partial charge < -0.3 is 20.7 Å². The predicted octanol–water partition coefficient (Wildman–Crippen LogP) is 3.29. The zero-order chi connectivity index (χ0) is 30.5. The lowest BCUT2D eigenvalue weighted by Crippen LogP contribution is -2.55. The Kier molecular flexibility index (Phi) is 12.0. The van der Waals surface area contributed by atoms with E-state index in [0.29, 0.717) is 12.8 Å². The second-order valence-corrected chi connectivity index (χ2v) is 10.9. The van der Waals surface area contributed by atoms with Crippen LogP contribution in [0.2, 0.25) is 0 Å². The second-order valence-electron chi connectivity index (χ2n) is 10.9. The van der Waals surface area contributed by atoms with Crippen molar-refractivity contribution in [3.8, 4) is 0 Å². The summed E-state index contributed by atoms with van der Waals surface area (Å²) < 4.78 is 5.24. The molecule has 0 saturated heterocycles. The van der Waals surface area contributed by atoms with Crippen molar-refractivity contribution in [3.63, 3.8) is 0 Å². The molecular formula is C32H40N4O6. The highest BCUT2D eigenvalue weighted by Crippen LogP contribution is 2.18. The van der Waals surface area contributed by atoms with Crippen LogP contribution in [0.15, 0.2) is 72.8 Å². The van der Waals surface area contributed by atoms with Gasteiger partial charge in [-0.3, -0.25) is 24.0 Å². The third-order valence-corrected chi connectivity index (χ3v) is 6.30. The molecule has 0 spiro atoms. The predicted molar refractivity (Wildman–Crippen MR) is 160 cm³/mol. The van der Waals surface area contributed by atoms with Gasteiger partial charge >= 0.3 is 0 Å². The molecule has 3 aromatic carbocycles. The fourth-order valence-corrected chi connectivity index (χ4v) is 4.19. The van der Waals surface area contributed by atoms with E-state index in [-0.39, 0.29) is 13.0 Å². The zero-order valence-corrected chi connectivity index (χ0v) is 24.6. The first kappa shape index (κ1) is 32.2. The van der Waals surface area contributed by atoms with Gasteiger partial charge in [0.05, 0.1) is 12.0 Å². The Hall–Kier alpha value is -4.28. The van der Waals surface area contributed by atoms with Crippen LogP contribution in [0.1, 0.15) is 51.2 Å². The number of amides is 4. The van der Waals surface area contributed by atoms with E-state index in [1.54, 1.807) is 20.8 Å². The quantitative estimate of drug-likeness (QED) is 0.172. The molecule has 10 nitrogen and oxygen atoms in total. The highest BCUT2D eigenvalue weighted by molar-refractivity contribution is 5.94. The molecule has 10 heteroatoms. The summed E-state index contributed by atoms with van der Waals surface area (Å²) in [5, 5.41) is 9.94. The van der Waals surface area contributed by atoms with Crippen LogP contribution in [-0.4, -0.2) is 48.6 Å². The van der Waals surface area contributed by atoms with Crippen LogP contribution in [0.25, 0.3) is 10.8 Å². The SMILES string of the molecule is COC(NC(=O)C(CC(=O)NOC(C)(C)C)NC(=O)CCCc1ccccc1)C(=O)NCc1cccc2ccccc12. The van der Waals surface area contributed by atoms with Gasteiger partial charge in [0.25, 0.3) is 5.91 Å². The molecule has 4 N–H and O–H groups in total. The largest absolute Gasteiger partial charge is 0.353 e. The van der Waals surface area contributed by atoms with Crippen molar-refractivity contribution in [2.45, 2.75) is 70.9 Å². The van der Waals surface area contributed by atoms with E-state index < -0.39 is 47.9 Å². The summed E-state index contributed by atoms with van der Waals surface area (Å²) >= 11 is 0. The summed E-state index contributed by atoms with van der Waals surface area (Å²) in [5.74, 6) is -2.33.